The number of aromatic nitrogens is 1. The zero-order valence-electron chi connectivity index (χ0n) is 13.0. The summed E-state index contributed by atoms with van der Waals surface area (Å²) >= 11 is 0. The van der Waals surface area contributed by atoms with E-state index in [4.69, 9.17) is 0 Å². The molecule has 1 aromatic carbocycles. The van der Waals surface area contributed by atoms with Crippen LogP contribution in [0, 0.1) is 11.7 Å². The fourth-order valence-corrected chi connectivity index (χ4v) is 3.48. The number of pyridine rings is 1. The van der Waals surface area contributed by atoms with Crippen LogP contribution >= 0.6 is 0 Å². The topological polar surface area (TPSA) is 36.4 Å². The van der Waals surface area contributed by atoms with Gasteiger partial charge in [-0.1, -0.05) is 18.9 Å². The lowest BCUT2D eigenvalue weighted by Gasteiger charge is -2.31. The van der Waals surface area contributed by atoms with E-state index in [0.29, 0.717) is 11.3 Å². The summed E-state index contributed by atoms with van der Waals surface area (Å²) < 4.78 is 13.8. The van der Waals surface area contributed by atoms with Gasteiger partial charge in [0.05, 0.1) is 11.6 Å². The Hall–Kier alpha value is -1.52. The molecule has 22 heavy (non-hydrogen) atoms. The second-order valence-corrected chi connectivity index (χ2v) is 6.41. The van der Waals surface area contributed by atoms with Crippen LogP contribution in [-0.4, -0.2) is 34.7 Å². The minimum absolute atomic E-state index is 0.181. The Bertz CT molecular complexity index is 646. The first-order valence-corrected chi connectivity index (χ1v) is 8.04. The van der Waals surface area contributed by atoms with E-state index in [2.05, 4.69) is 16.9 Å². The first kappa shape index (κ1) is 15.4. The molecule has 1 aliphatic rings. The smallest absolute Gasteiger partial charge is 0.132 e. The molecule has 0 aliphatic heterocycles. The van der Waals surface area contributed by atoms with Crippen LogP contribution in [0.25, 0.3) is 10.9 Å². The molecule has 0 spiro atoms. The summed E-state index contributed by atoms with van der Waals surface area (Å²) in [5, 5.41) is 10.7. The molecular weight excluding hydrogens is 279 g/mol. The number of benzene rings is 1. The standard InChI is InChI=1S/C18H23FN2O/c1-21(11-13-5-2-3-7-17(13)22)12-14-8-9-16(19)15-6-4-10-20-18(14)15/h4,6,8-10,13,17,22H,2-3,5,7,11-12H2,1H3. The molecule has 0 radical (unpaired) electrons. The zero-order valence-corrected chi connectivity index (χ0v) is 13.0. The molecule has 118 valence electrons. The Morgan fingerprint density at radius 3 is 2.91 bits per heavy atom. The lowest BCUT2D eigenvalue weighted by Crippen LogP contribution is -2.34. The minimum Gasteiger partial charge on any atom is -0.393 e. The van der Waals surface area contributed by atoms with Gasteiger partial charge in [-0.2, -0.15) is 0 Å². The van der Waals surface area contributed by atoms with Gasteiger partial charge in [0.15, 0.2) is 0 Å². The highest BCUT2D eigenvalue weighted by molar-refractivity contribution is 5.82. The van der Waals surface area contributed by atoms with Crippen LogP contribution in [0.5, 0.6) is 0 Å². The molecule has 0 saturated heterocycles. The Morgan fingerprint density at radius 1 is 1.27 bits per heavy atom. The van der Waals surface area contributed by atoms with Gasteiger partial charge in [-0.15, -0.1) is 0 Å². The van der Waals surface area contributed by atoms with Crippen LogP contribution in [0.2, 0.25) is 0 Å². The second kappa shape index (κ2) is 6.71. The molecule has 0 amide bonds. The number of nitrogens with zero attached hydrogens (tertiary/aromatic N) is 2. The maximum atomic E-state index is 13.8. The van der Waals surface area contributed by atoms with Crippen molar-refractivity contribution in [2.45, 2.75) is 38.3 Å². The molecule has 1 aliphatic carbocycles. The van der Waals surface area contributed by atoms with E-state index in [9.17, 15) is 9.50 Å². The van der Waals surface area contributed by atoms with E-state index in [1.807, 2.05) is 6.07 Å². The summed E-state index contributed by atoms with van der Waals surface area (Å²) in [5.74, 6) is 0.121. The van der Waals surface area contributed by atoms with Gasteiger partial charge in [0.2, 0.25) is 0 Å². The van der Waals surface area contributed by atoms with Crippen LogP contribution in [0.1, 0.15) is 31.2 Å². The first-order chi connectivity index (χ1) is 10.6. The minimum atomic E-state index is -0.225. The third-order valence-corrected chi connectivity index (χ3v) is 4.66. The first-order valence-electron chi connectivity index (χ1n) is 8.04. The summed E-state index contributed by atoms with van der Waals surface area (Å²) in [6.45, 7) is 1.59. The predicted octanol–water partition coefficient (Wildman–Crippen LogP) is 3.36. The van der Waals surface area contributed by atoms with Gasteiger partial charge < -0.3 is 10.0 Å². The summed E-state index contributed by atoms with van der Waals surface area (Å²) in [6, 6.07) is 6.87. The SMILES string of the molecule is CN(Cc1ccc(F)c2cccnc12)CC1CCCCC1O. The number of hydrogen-bond acceptors (Lipinski definition) is 3. The van der Waals surface area contributed by atoms with Crippen LogP contribution < -0.4 is 0 Å². The van der Waals surface area contributed by atoms with Gasteiger partial charge in [-0.05, 0) is 49.6 Å². The Morgan fingerprint density at radius 2 is 2.09 bits per heavy atom. The van der Waals surface area contributed by atoms with Crippen LogP contribution in [-0.2, 0) is 6.54 Å². The van der Waals surface area contributed by atoms with Gasteiger partial charge >= 0.3 is 0 Å². The molecule has 3 nitrogen and oxygen atoms in total. The van der Waals surface area contributed by atoms with Crippen molar-refractivity contribution in [1.82, 2.24) is 9.88 Å². The number of fused-ring (bicyclic) bond motifs is 1. The van der Waals surface area contributed by atoms with Gasteiger partial charge in [0.1, 0.15) is 5.82 Å². The molecule has 1 fully saturated rings. The Labute approximate surface area is 130 Å². The molecule has 1 saturated carbocycles. The lowest BCUT2D eigenvalue weighted by molar-refractivity contribution is 0.0502. The monoisotopic (exact) mass is 302 g/mol. The summed E-state index contributed by atoms with van der Waals surface area (Å²) in [7, 11) is 2.06. The fraction of sp³-hybridized carbons (Fsp3) is 0.500. The van der Waals surface area contributed by atoms with Gasteiger partial charge in [-0.25, -0.2) is 4.39 Å². The molecule has 0 bridgehead atoms. The summed E-state index contributed by atoms with van der Waals surface area (Å²) in [4.78, 5) is 6.55. The van der Waals surface area contributed by atoms with Crippen molar-refractivity contribution >= 4 is 10.9 Å². The van der Waals surface area contributed by atoms with E-state index < -0.39 is 0 Å². The molecule has 1 heterocycles. The largest absolute Gasteiger partial charge is 0.393 e. The predicted molar refractivity (Wildman–Crippen MR) is 86.0 cm³/mol. The highest BCUT2D eigenvalue weighted by Crippen LogP contribution is 2.26. The van der Waals surface area contributed by atoms with E-state index in [1.165, 1.54) is 12.5 Å². The Balaban J connectivity index is 1.74. The fourth-order valence-electron chi connectivity index (χ4n) is 3.48. The van der Waals surface area contributed by atoms with E-state index in [1.54, 1.807) is 18.3 Å². The molecule has 1 aromatic heterocycles. The molecule has 2 atom stereocenters. The summed E-state index contributed by atoms with van der Waals surface area (Å²) in [5.41, 5.74) is 1.77. The number of rotatable bonds is 4. The normalized spacial score (nSPS) is 22.4. The molecular formula is C18H23FN2O. The molecule has 2 unspecified atom stereocenters. The quantitative estimate of drug-likeness (QED) is 0.941. The van der Waals surface area contributed by atoms with Crippen molar-refractivity contribution in [2.75, 3.05) is 13.6 Å². The van der Waals surface area contributed by atoms with E-state index in [-0.39, 0.29) is 11.9 Å². The van der Waals surface area contributed by atoms with Crippen LogP contribution in [0.4, 0.5) is 4.39 Å². The number of aliphatic hydroxyl groups excluding tert-OH is 1. The second-order valence-electron chi connectivity index (χ2n) is 6.41. The van der Waals surface area contributed by atoms with Crippen molar-refractivity contribution in [3.63, 3.8) is 0 Å². The number of aliphatic hydroxyl groups is 1. The molecule has 2 aromatic rings. The van der Waals surface area contributed by atoms with E-state index >= 15 is 0 Å². The van der Waals surface area contributed by atoms with Gasteiger partial charge in [0, 0.05) is 24.7 Å². The van der Waals surface area contributed by atoms with Crippen molar-refractivity contribution < 1.29 is 9.50 Å². The number of hydrogen-bond donors (Lipinski definition) is 1. The average Bonchev–Trinajstić information content (AvgIpc) is 2.53. The average molecular weight is 302 g/mol. The highest BCUT2D eigenvalue weighted by atomic mass is 19.1. The van der Waals surface area contributed by atoms with Crippen LogP contribution in [0.3, 0.4) is 0 Å². The summed E-state index contributed by atoms with van der Waals surface area (Å²) in [6.07, 6.45) is 5.87. The van der Waals surface area contributed by atoms with Crippen molar-refractivity contribution in [3.8, 4) is 0 Å². The maximum absolute atomic E-state index is 13.8. The third-order valence-electron chi connectivity index (χ3n) is 4.66. The van der Waals surface area contributed by atoms with Crippen molar-refractivity contribution in [3.05, 3.63) is 41.8 Å². The van der Waals surface area contributed by atoms with Crippen LogP contribution in [0.15, 0.2) is 30.5 Å². The zero-order chi connectivity index (χ0) is 15.5. The maximum Gasteiger partial charge on any atom is 0.132 e. The van der Waals surface area contributed by atoms with Crippen molar-refractivity contribution in [2.24, 2.45) is 5.92 Å². The molecule has 1 N–H and O–H groups in total. The van der Waals surface area contributed by atoms with Crippen molar-refractivity contribution in [1.29, 1.82) is 0 Å². The van der Waals surface area contributed by atoms with Gasteiger partial charge in [0.25, 0.3) is 0 Å². The lowest BCUT2D eigenvalue weighted by atomic mass is 9.86. The number of halogens is 1. The van der Waals surface area contributed by atoms with E-state index in [0.717, 1.165) is 43.4 Å². The van der Waals surface area contributed by atoms with Gasteiger partial charge in [-0.3, -0.25) is 4.98 Å². The Kier molecular flexibility index (Phi) is 4.69. The third kappa shape index (κ3) is 3.28. The molecule has 4 heteroatoms. The highest BCUT2D eigenvalue weighted by Gasteiger charge is 2.24. The molecule has 3 rings (SSSR count).